The van der Waals surface area contributed by atoms with E-state index in [9.17, 15) is 24.6 Å². The number of hydrogen-bond donors (Lipinski definition) is 2. The van der Waals surface area contributed by atoms with E-state index in [1.807, 2.05) is 34.1 Å². The first-order valence-electron chi connectivity index (χ1n) is 15.1. The molecule has 2 aromatic carbocycles. The van der Waals surface area contributed by atoms with E-state index in [4.69, 9.17) is 9.84 Å². The van der Waals surface area contributed by atoms with Crippen LogP contribution in [-0.4, -0.2) is 77.8 Å². The highest BCUT2D eigenvalue weighted by Gasteiger charge is 2.57. The first kappa shape index (κ1) is 29.5. The normalized spacial score (nSPS) is 27.8. The van der Waals surface area contributed by atoms with Crippen LogP contribution in [0.4, 0.5) is 15.8 Å². The van der Waals surface area contributed by atoms with Gasteiger partial charge >= 0.3 is 11.9 Å². The zero-order valence-electron chi connectivity index (χ0n) is 24.6. The molecule has 45 heavy (non-hydrogen) atoms. The minimum absolute atomic E-state index is 0. The first-order valence-corrected chi connectivity index (χ1v) is 15.1. The van der Waals surface area contributed by atoms with Crippen molar-refractivity contribution >= 4 is 41.0 Å². The van der Waals surface area contributed by atoms with Crippen LogP contribution in [0.1, 0.15) is 53.1 Å². The van der Waals surface area contributed by atoms with Crippen molar-refractivity contribution in [1.82, 2.24) is 0 Å². The number of methoxy groups -OCH3 is 1. The molecule has 4 atom stereocenters. The van der Waals surface area contributed by atoms with E-state index in [0.717, 1.165) is 43.5 Å². The largest absolute Gasteiger partial charge is 1.00 e. The van der Waals surface area contributed by atoms with Crippen LogP contribution in [0.25, 0.3) is 6.08 Å². The molecule has 2 aliphatic carbocycles. The number of amidine groups is 1. The van der Waals surface area contributed by atoms with Gasteiger partial charge in [-0.15, -0.1) is 0 Å². The number of halogens is 2. The second-order valence-electron chi connectivity index (χ2n) is 12.8. The van der Waals surface area contributed by atoms with Crippen LogP contribution in [0.2, 0.25) is 0 Å². The standard InChI is InChI=1S/C33H31FN4O6.ClH/c1-44-30-27-20(17-8-9-17)12-22(32(40)41)29(39)21(27)13-24(34)28(30)36-14-19-6-4-10-38(26(19)15-36)16-37-25-7-3-2-5-18(25)11-23(33(42)43)31(37)35-38;/h2-3,5,7,11-13,17,19-20,26H,4,6,8-10,14-16H2,1H3,(H-,40,41,42,43);1H/t19-,20?,26+,38?;/m0./s1. The van der Waals surface area contributed by atoms with Crippen LogP contribution in [0.3, 0.4) is 0 Å². The average molecular weight is 635 g/mol. The number of carbonyl (C=O) groups excluding carboxylic acids is 1. The summed E-state index contributed by atoms with van der Waals surface area (Å²) in [4.78, 5) is 41.4. The fourth-order valence-electron chi connectivity index (χ4n) is 8.30. The SMILES string of the molecule is COc1c2c(cc(F)c1N1C[C@@H]3CCC[N+]4(CN5C(=N4)C(C(=O)O)=Cc4ccccc45)[C@@H]3C1)C(=O)C(C(=O)O)=CC2C1CC1.[Cl-]. The Kier molecular flexibility index (Phi) is 6.83. The van der Waals surface area contributed by atoms with Crippen molar-refractivity contribution < 1.29 is 50.7 Å². The monoisotopic (exact) mass is 634 g/mol. The Balaban J connectivity index is 0.00000325. The Bertz CT molecular complexity index is 1770. The molecule has 3 fully saturated rings. The number of quaternary nitrogens is 1. The van der Waals surface area contributed by atoms with Gasteiger partial charge < -0.3 is 32.3 Å². The molecular formula is C33H32ClFN4O6. The molecule has 2 saturated heterocycles. The molecule has 1 spiro atoms. The van der Waals surface area contributed by atoms with Gasteiger partial charge in [0.2, 0.25) is 11.6 Å². The summed E-state index contributed by atoms with van der Waals surface area (Å²) >= 11 is 0. The maximum Gasteiger partial charge on any atom is 0.339 e. The van der Waals surface area contributed by atoms with Gasteiger partial charge in [-0.1, -0.05) is 29.4 Å². The van der Waals surface area contributed by atoms with Crippen LogP contribution in [0.5, 0.6) is 5.75 Å². The summed E-state index contributed by atoms with van der Waals surface area (Å²) in [6.45, 7) is 2.29. The maximum atomic E-state index is 16.2. The second kappa shape index (κ2) is 10.4. The third-order valence-electron chi connectivity index (χ3n) is 10.4. The molecular weight excluding hydrogens is 603 g/mol. The number of ketones is 1. The van der Waals surface area contributed by atoms with Crippen LogP contribution in [-0.2, 0) is 9.59 Å². The molecule has 0 bridgehead atoms. The van der Waals surface area contributed by atoms with Gasteiger partial charge in [-0.25, -0.2) is 14.0 Å². The number of fused-ring (bicyclic) bond motifs is 6. The molecule has 12 heteroatoms. The quantitative estimate of drug-likeness (QED) is 0.373. The number of rotatable bonds is 5. The fourth-order valence-corrected chi connectivity index (χ4v) is 8.30. The highest BCUT2D eigenvalue weighted by atomic mass is 35.5. The number of ether oxygens (including phenoxy) is 1. The minimum atomic E-state index is -1.31. The van der Waals surface area contributed by atoms with Crippen molar-refractivity contribution in [1.29, 1.82) is 0 Å². The lowest BCUT2D eigenvalue weighted by molar-refractivity contribution is -0.957. The van der Waals surface area contributed by atoms with E-state index < -0.39 is 23.5 Å². The molecule has 10 nitrogen and oxygen atoms in total. The Morgan fingerprint density at radius 2 is 1.82 bits per heavy atom. The molecule has 0 amide bonds. The van der Waals surface area contributed by atoms with Crippen molar-refractivity contribution in [2.45, 2.75) is 37.6 Å². The Labute approximate surface area is 265 Å². The van der Waals surface area contributed by atoms with Crippen molar-refractivity contribution in [2.75, 3.05) is 43.2 Å². The van der Waals surface area contributed by atoms with E-state index in [1.54, 1.807) is 6.08 Å². The highest BCUT2D eigenvalue weighted by Crippen LogP contribution is 2.54. The van der Waals surface area contributed by atoms with Gasteiger partial charge in [-0.3, -0.25) is 9.69 Å². The number of carboxylic acids is 2. The molecule has 0 radical (unpaired) electrons. The van der Waals surface area contributed by atoms with E-state index in [0.29, 0.717) is 47.2 Å². The summed E-state index contributed by atoms with van der Waals surface area (Å²) in [5.41, 5.74) is 2.55. The van der Waals surface area contributed by atoms with Gasteiger partial charge in [-0.05, 0) is 55.4 Å². The van der Waals surface area contributed by atoms with Crippen molar-refractivity contribution in [3.8, 4) is 5.75 Å². The van der Waals surface area contributed by atoms with Crippen LogP contribution in [0, 0.1) is 17.7 Å². The number of Topliss-reactive ketones (excluding diaryl/α,β-unsaturated/α-hetero) is 1. The Morgan fingerprint density at radius 3 is 2.53 bits per heavy atom. The van der Waals surface area contributed by atoms with Crippen molar-refractivity contribution in [3.05, 3.63) is 70.1 Å². The molecule has 234 valence electrons. The molecule has 2 N–H and O–H groups in total. The van der Waals surface area contributed by atoms with Crippen molar-refractivity contribution in [2.24, 2.45) is 16.9 Å². The predicted molar refractivity (Wildman–Crippen MR) is 159 cm³/mol. The van der Waals surface area contributed by atoms with Gasteiger partial charge in [0.1, 0.15) is 35.2 Å². The summed E-state index contributed by atoms with van der Waals surface area (Å²) in [5.74, 6) is -2.86. The summed E-state index contributed by atoms with van der Waals surface area (Å²) in [7, 11) is 1.47. The molecule has 8 rings (SSSR count). The Morgan fingerprint density at radius 1 is 1.07 bits per heavy atom. The van der Waals surface area contributed by atoms with Gasteiger partial charge in [-0.2, -0.15) is 4.59 Å². The molecule has 4 heterocycles. The number of para-hydroxylation sites is 1. The minimum Gasteiger partial charge on any atom is -1.00 e. The van der Waals surface area contributed by atoms with Gasteiger partial charge in [0.15, 0.2) is 12.5 Å². The number of aliphatic carboxylic acids is 2. The van der Waals surface area contributed by atoms with Gasteiger partial charge in [0.05, 0.1) is 19.3 Å². The predicted octanol–water partition coefficient (Wildman–Crippen LogP) is 1.23. The average Bonchev–Trinajstić information content (AvgIpc) is 3.63. The lowest BCUT2D eigenvalue weighted by Crippen LogP contribution is -3.00. The van der Waals surface area contributed by atoms with Crippen LogP contribution >= 0.6 is 0 Å². The molecule has 6 aliphatic rings. The van der Waals surface area contributed by atoms with E-state index in [1.165, 1.54) is 19.3 Å². The van der Waals surface area contributed by atoms with Gasteiger partial charge in [0.25, 0.3) is 0 Å². The molecule has 2 unspecified atom stereocenters. The zero-order chi connectivity index (χ0) is 30.5. The summed E-state index contributed by atoms with van der Waals surface area (Å²) in [6.07, 6.45) is 6.86. The van der Waals surface area contributed by atoms with E-state index in [2.05, 4.69) is 0 Å². The summed E-state index contributed by atoms with van der Waals surface area (Å²) in [5, 5.41) is 24.9. The van der Waals surface area contributed by atoms with Gasteiger partial charge in [0, 0.05) is 29.5 Å². The molecule has 1 saturated carbocycles. The Hall–Kier alpha value is -4.22. The number of carbonyl (C=O) groups is 3. The number of allylic oxidation sites excluding steroid dienone is 1. The zero-order valence-corrected chi connectivity index (χ0v) is 25.3. The molecule has 0 aromatic heterocycles. The third-order valence-corrected chi connectivity index (χ3v) is 10.4. The van der Waals surface area contributed by atoms with E-state index >= 15 is 4.39 Å². The number of piperidine rings is 1. The lowest BCUT2D eigenvalue weighted by atomic mass is 9.79. The molecule has 2 aromatic rings. The number of benzene rings is 2. The number of hydrogen-bond acceptors (Lipinski definition) is 7. The number of carboxylic acid groups (broad SMARTS) is 2. The maximum absolute atomic E-state index is 16.2. The summed E-state index contributed by atoms with van der Waals surface area (Å²) < 4.78 is 22.4. The summed E-state index contributed by atoms with van der Waals surface area (Å²) in [6, 6.07) is 8.91. The topological polar surface area (TPSA) is 120 Å². The van der Waals surface area contributed by atoms with E-state index in [-0.39, 0.29) is 52.9 Å². The lowest BCUT2D eigenvalue weighted by Gasteiger charge is -2.41. The fraction of sp³-hybridized carbons (Fsp3) is 0.394. The van der Waals surface area contributed by atoms with Crippen molar-refractivity contribution in [3.63, 3.8) is 0 Å². The number of nitrogens with zero attached hydrogens (tertiary/aromatic N) is 4. The smallest absolute Gasteiger partial charge is 0.339 e. The van der Waals surface area contributed by atoms with Crippen LogP contribution in [0.15, 0.2) is 52.7 Å². The molecule has 4 aliphatic heterocycles. The van der Waals surface area contributed by atoms with Crippen LogP contribution < -0.4 is 26.9 Å². The first-order chi connectivity index (χ1) is 21.2. The highest BCUT2D eigenvalue weighted by molar-refractivity contribution is 6.29. The third kappa shape index (κ3) is 4.31. The number of anilines is 2. The second-order valence-corrected chi connectivity index (χ2v) is 12.8.